The third-order valence-corrected chi connectivity index (χ3v) is 5.12. The standard InChI is InChI=1S/C23H20ClN5O6/c1-2-11-28-21(32)27-20(29(23(28)33)12-14-3-5-15(24)6-4-14)25-16-7-9-17(10-8-16)35-22-26-18(13-34-22)19(30)31/h3-10,13H,2,11-12H2,1H3,(H,30,31)(H,25,27,32). The predicted octanol–water partition coefficient (Wildman–Crippen LogP) is 3.74. The Morgan fingerprint density at radius 2 is 1.80 bits per heavy atom. The van der Waals surface area contributed by atoms with Crippen LogP contribution in [-0.2, 0) is 13.1 Å². The average Bonchev–Trinajstić information content (AvgIpc) is 3.31. The fourth-order valence-electron chi connectivity index (χ4n) is 3.19. The highest BCUT2D eigenvalue weighted by molar-refractivity contribution is 6.30. The van der Waals surface area contributed by atoms with Crippen LogP contribution in [0.4, 0.5) is 11.6 Å². The summed E-state index contributed by atoms with van der Waals surface area (Å²) in [6.07, 6.45) is 1.35. The number of ether oxygens (including phenoxy) is 1. The summed E-state index contributed by atoms with van der Waals surface area (Å²) in [5.41, 5.74) is -0.0770. The van der Waals surface area contributed by atoms with Crippen LogP contribution in [0.15, 0.2) is 68.8 Å². The van der Waals surface area contributed by atoms with Crippen LogP contribution in [0.3, 0.4) is 0 Å². The van der Waals surface area contributed by atoms with Crippen molar-refractivity contribution in [3.05, 3.63) is 92.0 Å². The van der Waals surface area contributed by atoms with E-state index in [1.165, 1.54) is 4.57 Å². The van der Waals surface area contributed by atoms with Crippen molar-refractivity contribution >= 4 is 29.2 Å². The van der Waals surface area contributed by atoms with Gasteiger partial charge in [0.05, 0.1) is 6.54 Å². The molecular weight excluding hydrogens is 478 g/mol. The van der Waals surface area contributed by atoms with Crippen LogP contribution in [0.5, 0.6) is 11.8 Å². The van der Waals surface area contributed by atoms with E-state index in [2.05, 4.69) is 15.3 Å². The van der Waals surface area contributed by atoms with Gasteiger partial charge in [0.15, 0.2) is 5.69 Å². The Morgan fingerprint density at radius 3 is 2.43 bits per heavy atom. The molecule has 0 aliphatic heterocycles. The molecule has 12 heteroatoms. The molecule has 2 aromatic carbocycles. The zero-order chi connectivity index (χ0) is 24.9. The first-order chi connectivity index (χ1) is 16.8. The van der Waals surface area contributed by atoms with Crippen molar-refractivity contribution in [3.63, 3.8) is 0 Å². The minimum Gasteiger partial charge on any atom is -0.476 e. The maximum absolute atomic E-state index is 13.1. The third kappa shape index (κ3) is 5.58. The largest absolute Gasteiger partial charge is 0.476 e. The van der Waals surface area contributed by atoms with Gasteiger partial charge >= 0.3 is 23.4 Å². The number of carboxylic acid groups (broad SMARTS) is 1. The topological polar surface area (TPSA) is 141 Å². The number of benzene rings is 2. The highest BCUT2D eigenvalue weighted by Gasteiger charge is 2.15. The second-order valence-corrected chi connectivity index (χ2v) is 7.86. The number of carbonyl (C=O) groups is 1. The molecule has 0 saturated carbocycles. The molecule has 0 aliphatic carbocycles. The van der Waals surface area contributed by atoms with Crippen molar-refractivity contribution < 1.29 is 19.1 Å². The molecule has 2 heterocycles. The highest BCUT2D eigenvalue weighted by atomic mass is 35.5. The smallest absolute Gasteiger partial charge is 0.399 e. The van der Waals surface area contributed by atoms with E-state index in [0.717, 1.165) is 16.4 Å². The lowest BCUT2D eigenvalue weighted by Crippen LogP contribution is -2.42. The first kappa shape index (κ1) is 23.8. The average molecular weight is 498 g/mol. The molecule has 0 fully saturated rings. The Kier molecular flexibility index (Phi) is 6.97. The minimum absolute atomic E-state index is 0.0785. The van der Waals surface area contributed by atoms with Gasteiger partial charge in [-0.3, -0.25) is 4.57 Å². The summed E-state index contributed by atoms with van der Waals surface area (Å²) in [6.45, 7) is 2.29. The van der Waals surface area contributed by atoms with E-state index >= 15 is 0 Å². The number of nitrogens with zero attached hydrogens (tertiary/aromatic N) is 4. The second kappa shape index (κ2) is 10.3. The molecule has 0 radical (unpaired) electrons. The maximum Gasteiger partial charge on any atom is 0.399 e. The molecule has 4 aromatic rings. The molecule has 11 nitrogen and oxygen atoms in total. The van der Waals surface area contributed by atoms with Gasteiger partial charge in [0, 0.05) is 17.3 Å². The molecule has 0 amide bonds. The molecule has 0 aliphatic rings. The van der Waals surface area contributed by atoms with Crippen LogP contribution in [-0.4, -0.2) is 30.2 Å². The first-order valence-electron chi connectivity index (χ1n) is 10.5. The number of anilines is 2. The Morgan fingerprint density at radius 1 is 1.09 bits per heavy atom. The summed E-state index contributed by atoms with van der Waals surface area (Å²) in [4.78, 5) is 44.3. The molecule has 4 rings (SSSR count). The van der Waals surface area contributed by atoms with E-state index in [-0.39, 0.29) is 30.8 Å². The van der Waals surface area contributed by atoms with E-state index in [1.807, 2.05) is 6.92 Å². The van der Waals surface area contributed by atoms with Crippen LogP contribution in [0.25, 0.3) is 0 Å². The Balaban J connectivity index is 1.60. The van der Waals surface area contributed by atoms with Crippen molar-refractivity contribution in [1.82, 2.24) is 19.1 Å². The fourth-order valence-corrected chi connectivity index (χ4v) is 3.32. The van der Waals surface area contributed by atoms with E-state index in [4.69, 9.17) is 25.9 Å². The van der Waals surface area contributed by atoms with Crippen LogP contribution >= 0.6 is 11.6 Å². The lowest BCUT2D eigenvalue weighted by molar-refractivity contribution is 0.0690. The lowest BCUT2D eigenvalue weighted by atomic mass is 10.2. The quantitative estimate of drug-likeness (QED) is 0.353. The summed E-state index contributed by atoms with van der Waals surface area (Å²) in [5, 5.41) is 12.5. The van der Waals surface area contributed by atoms with Gasteiger partial charge in [-0.2, -0.15) is 9.97 Å². The number of halogens is 1. The zero-order valence-corrected chi connectivity index (χ0v) is 19.2. The number of rotatable bonds is 9. The number of aromatic nitrogens is 4. The molecule has 2 N–H and O–H groups in total. The number of carboxylic acids is 1. The highest BCUT2D eigenvalue weighted by Crippen LogP contribution is 2.24. The molecule has 0 unspecified atom stereocenters. The van der Waals surface area contributed by atoms with Gasteiger partial charge in [0.2, 0.25) is 5.95 Å². The van der Waals surface area contributed by atoms with Gasteiger partial charge in [-0.15, -0.1) is 0 Å². The summed E-state index contributed by atoms with van der Waals surface area (Å²) in [5.74, 6) is -0.824. The summed E-state index contributed by atoms with van der Waals surface area (Å²) >= 11 is 5.97. The minimum atomic E-state index is -1.24. The number of oxazole rings is 1. The molecule has 35 heavy (non-hydrogen) atoms. The van der Waals surface area contributed by atoms with Gasteiger partial charge in [-0.25, -0.2) is 19.0 Å². The monoisotopic (exact) mass is 497 g/mol. The molecule has 2 aromatic heterocycles. The first-order valence-corrected chi connectivity index (χ1v) is 10.9. The Hall–Kier alpha value is -4.38. The Bertz CT molecular complexity index is 1460. The molecule has 0 spiro atoms. The summed E-state index contributed by atoms with van der Waals surface area (Å²) < 4.78 is 12.9. The van der Waals surface area contributed by atoms with Crippen LogP contribution in [0.2, 0.25) is 5.02 Å². The number of hydrogen-bond donors (Lipinski definition) is 2. The zero-order valence-electron chi connectivity index (χ0n) is 18.5. The normalized spacial score (nSPS) is 10.8. The molecule has 0 saturated heterocycles. The predicted molar refractivity (Wildman–Crippen MR) is 127 cm³/mol. The van der Waals surface area contributed by atoms with Gasteiger partial charge in [0.1, 0.15) is 12.0 Å². The van der Waals surface area contributed by atoms with E-state index in [9.17, 15) is 14.4 Å². The maximum atomic E-state index is 13.1. The van der Waals surface area contributed by atoms with Crippen molar-refractivity contribution in [2.45, 2.75) is 26.4 Å². The van der Waals surface area contributed by atoms with Gasteiger partial charge in [0.25, 0.3) is 0 Å². The van der Waals surface area contributed by atoms with E-state index < -0.39 is 17.3 Å². The SMILES string of the molecule is CCCn1c(=O)nc(Nc2ccc(Oc3nc(C(=O)O)co3)cc2)n(Cc2ccc(Cl)cc2)c1=O. The second-order valence-electron chi connectivity index (χ2n) is 7.42. The molecule has 0 bridgehead atoms. The van der Waals surface area contributed by atoms with Crippen molar-refractivity contribution in [3.8, 4) is 11.8 Å². The summed E-state index contributed by atoms with van der Waals surface area (Å²) in [6, 6.07) is 13.4. The number of aromatic carboxylic acids is 1. The van der Waals surface area contributed by atoms with Crippen molar-refractivity contribution in [2.75, 3.05) is 5.32 Å². The van der Waals surface area contributed by atoms with E-state index in [0.29, 0.717) is 22.9 Å². The molecular formula is C23H20ClN5O6. The van der Waals surface area contributed by atoms with Crippen LogP contribution in [0, 0.1) is 0 Å². The summed E-state index contributed by atoms with van der Waals surface area (Å²) in [7, 11) is 0. The molecule has 180 valence electrons. The lowest BCUT2D eigenvalue weighted by Gasteiger charge is -2.15. The van der Waals surface area contributed by atoms with Gasteiger partial charge in [-0.1, -0.05) is 30.7 Å². The Labute approximate surface area is 203 Å². The van der Waals surface area contributed by atoms with Crippen LogP contribution < -0.4 is 21.4 Å². The van der Waals surface area contributed by atoms with E-state index in [1.54, 1.807) is 48.5 Å². The fraction of sp³-hybridized carbons (Fsp3) is 0.174. The van der Waals surface area contributed by atoms with Crippen LogP contribution in [0.1, 0.15) is 29.4 Å². The number of hydrogen-bond acceptors (Lipinski definition) is 8. The third-order valence-electron chi connectivity index (χ3n) is 4.87. The molecule has 0 atom stereocenters. The van der Waals surface area contributed by atoms with Gasteiger partial charge < -0.3 is 19.6 Å². The van der Waals surface area contributed by atoms with Crippen molar-refractivity contribution in [2.24, 2.45) is 0 Å². The van der Waals surface area contributed by atoms with Gasteiger partial charge in [-0.05, 0) is 48.4 Å². The number of nitrogens with one attached hydrogen (secondary N) is 1. The van der Waals surface area contributed by atoms with Crippen molar-refractivity contribution in [1.29, 1.82) is 0 Å².